The monoisotopic (exact) mass is 273 g/mol. The number of H-pyrrole nitrogens is 1. The molecule has 3 aromatic rings. The van der Waals surface area contributed by atoms with Gasteiger partial charge in [0.1, 0.15) is 12.7 Å². The Hall–Kier alpha value is -2.27. The average molecular weight is 274 g/mol. The first kappa shape index (κ1) is 11.8. The van der Waals surface area contributed by atoms with Crippen LogP contribution >= 0.6 is 11.6 Å². The number of anilines is 1. The van der Waals surface area contributed by atoms with Gasteiger partial charge in [0, 0.05) is 16.9 Å². The van der Waals surface area contributed by atoms with Crippen molar-refractivity contribution in [1.82, 2.24) is 19.7 Å². The predicted octanol–water partition coefficient (Wildman–Crippen LogP) is 2.86. The van der Waals surface area contributed by atoms with Crippen molar-refractivity contribution in [2.24, 2.45) is 0 Å². The minimum atomic E-state index is 0.679. The average Bonchev–Trinajstić information content (AvgIpc) is 3.10. The molecule has 0 bridgehead atoms. The first-order valence-corrected chi connectivity index (χ1v) is 6.21. The Bertz CT molecular complexity index is 646. The molecule has 0 aliphatic heterocycles. The Morgan fingerprint density at radius 2 is 2.26 bits per heavy atom. The lowest BCUT2D eigenvalue weighted by Gasteiger charge is -2.11. The SMILES string of the molecule is Clc1ccc(-n2cncn2)c(NCc2ccc[nH]2)c1. The highest BCUT2D eigenvalue weighted by Gasteiger charge is 2.06. The Kier molecular flexibility index (Phi) is 3.20. The molecule has 0 atom stereocenters. The van der Waals surface area contributed by atoms with Gasteiger partial charge < -0.3 is 10.3 Å². The third-order valence-electron chi connectivity index (χ3n) is 2.76. The number of aromatic amines is 1. The molecule has 0 aliphatic rings. The molecule has 2 N–H and O–H groups in total. The summed E-state index contributed by atoms with van der Waals surface area (Å²) in [6.45, 7) is 0.690. The fourth-order valence-corrected chi connectivity index (χ4v) is 2.02. The molecule has 5 nitrogen and oxygen atoms in total. The summed E-state index contributed by atoms with van der Waals surface area (Å²) in [5.74, 6) is 0. The van der Waals surface area contributed by atoms with Gasteiger partial charge in [-0.3, -0.25) is 0 Å². The molecule has 0 unspecified atom stereocenters. The van der Waals surface area contributed by atoms with Crippen LogP contribution < -0.4 is 5.32 Å². The van der Waals surface area contributed by atoms with Gasteiger partial charge in [-0.25, -0.2) is 9.67 Å². The number of nitrogens with one attached hydrogen (secondary N) is 2. The van der Waals surface area contributed by atoms with Gasteiger partial charge in [0.15, 0.2) is 0 Å². The third kappa shape index (κ3) is 2.61. The van der Waals surface area contributed by atoms with E-state index in [1.165, 1.54) is 6.33 Å². The highest BCUT2D eigenvalue weighted by Crippen LogP contribution is 2.24. The summed E-state index contributed by atoms with van der Waals surface area (Å²) in [5, 5.41) is 8.16. The second-order valence-electron chi connectivity index (χ2n) is 4.05. The summed E-state index contributed by atoms with van der Waals surface area (Å²) < 4.78 is 1.70. The van der Waals surface area contributed by atoms with Crippen molar-refractivity contribution >= 4 is 17.3 Å². The zero-order chi connectivity index (χ0) is 13.1. The second kappa shape index (κ2) is 5.16. The van der Waals surface area contributed by atoms with Crippen molar-refractivity contribution in [2.45, 2.75) is 6.54 Å². The minimum absolute atomic E-state index is 0.679. The Labute approximate surface area is 115 Å². The number of hydrogen-bond acceptors (Lipinski definition) is 3. The molecular formula is C13H12ClN5. The standard InChI is InChI=1S/C13H12ClN5/c14-10-3-4-13(19-9-15-8-18-19)12(6-10)17-7-11-2-1-5-16-11/h1-6,8-9,16-17H,7H2. The quantitative estimate of drug-likeness (QED) is 0.768. The number of nitrogens with zero attached hydrogens (tertiary/aromatic N) is 3. The first-order valence-electron chi connectivity index (χ1n) is 5.83. The molecule has 6 heteroatoms. The molecule has 3 rings (SSSR count). The van der Waals surface area contributed by atoms with Crippen molar-refractivity contribution < 1.29 is 0 Å². The van der Waals surface area contributed by atoms with Crippen molar-refractivity contribution in [1.29, 1.82) is 0 Å². The summed E-state index contributed by atoms with van der Waals surface area (Å²) in [5.41, 5.74) is 2.92. The molecule has 0 fully saturated rings. The van der Waals surface area contributed by atoms with Crippen LogP contribution in [-0.4, -0.2) is 19.7 Å². The van der Waals surface area contributed by atoms with Gasteiger partial charge in [-0.1, -0.05) is 11.6 Å². The molecule has 0 amide bonds. The molecule has 0 saturated heterocycles. The van der Waals surface area contributed by atoms with Gasteiger partial charge in [0.25, 0.3) is 0 Å². The maximum atomic E-state index is 6.05. The lowest BCUT2D eigenvalue weighted by molar-refractivity contribution is 0.877. The van der Waals surface area contributed by atoms with Crippen LogP contribution in [-0.2, 0) is 6.54 Å². The number of rotatable bonds is 4. The van der Waals surface area contributed by atoms with E-state index in [1.807, 2.05) is 36.5 Å². The fraction of sp³-hybridized carbons (Fsp3) is 0.0769. The lowest BCUT2D eigenvalue weighted by atomic mass is 10.2. The van der Waals surface area contributed by atoms with Crippen molar-refractivity contribution in [3.8, 4) is 5.69 Å². The maximum Gasteiger partial charge on any atom is 0.138 e. The van der Waals surface area contributed by atoms with Crippen LogP contribution in [0.25, 0.3) is 5.69 Å². The van der Waals surface area contributed by atoms with Crippen molar-refractivity contribution in [3.05, 3.63) is 59.9 Å². The van der Waals surface area contributed by atoms with Crippen LogP contribution in [0.5, 0.6) is 0 Å². The third-order valence-corrected chi connectivity index (χ3v) is 2.99. The summed E-state index contributed by atoms with van der Waals surface area (Å²) in [7, 11) is 0. The number of hydrogen-bond donors (Lipinski definition) is 2. The molecule has 96 valence electrons. The van der Waals surface area contributed by atoms with Gasteiger partial charge >= 0.3 is 0 Å². The van der Waals surface area contributed by atoms with Crippen LogP contribution in [0.1, 0.15) is 5.69 Å². The molecule has 0 saturated carbocycles. The van der Waals surface area contributed by atoms with Crippen LogP contribution in [0.15, 0.2) is 49.2 Å². The smallest absolute Gasteiger partial charge is 0.138 e. The topological polar surface area (TPSA) is 58.5 Å². The van der Waals surface area contributed by atoms with Crippen LogP contribution in [0, 0.1) is 0 Å². The Morgan fingerprint density at radius 1 is 1.32 bits per heavy atom. The van der Waals surface area contributed by atoms with Gasteiger partial charge in [-0.15, -0.1) is 0 Å². The van der Waals surface area contributed by atoms with Crippen LogP contribution in [0.4, 0.5) is 5.69 Å². The number of benzene rings is 1. The molecule has 0 radical (unpaired) electrons. The van der Waals surface area contributed by atoms with Crippen LogP contribution in [0.2, 0.25) is 5.02 Å². The molecule has 2 aromatic heterocycles. The van der Waals surface area contributed by atoms with E-state index >= 15 is 0 Å². The van der Waals surface area contributed by atoms with E-state index in [9.17, 15) is 0 Å². The first-order chi connectivity index (χ1) is 9.33. The maximum absolute atomic E-state index is 6.05. The van der Waals surface area contributed by atoms with Gasteiger partial charge in [0.05, 0.1) is 17.9 Å². The number of aromatic nitrogens is 4. The van der Waals surface area contributed by atoms with E-state index in [-0.39, 0.29) is 0 Å². The summed E-state index contributed by atoms with van der Waals surface area (Å²) in [4.78, 5) is 7.10. The van der Waals surface area contributed by atoms with Crippen LogP contribution in [0.3, 0.4) is 0 Å². The van der Waals surface area contributed by atoms with Gasteiger partial charge in [-0.2, -0.15) is 5.10 Å². The fourth-order valence-electron chi connectivity index (χ4n) is 1.85. The summed E-state index contributed by atoms with van der Waals surface area (Å²) >= 11 is 6.05. The zero-order valence-electron chi connectivity index (χ0n) is 10.0. The highest BCUT2D eigenvalue weighted by atomic mass is 35.5. The number of halogens is 1. The Balaban J connectivity index is 1.88. The van der Waals surface area contributed by atoms with E-state index < -0.39 is 0 Å². The molecule has 1 aromatic carbocycles. The van der Waals surface area contributed by atoms with Crippen molar-refractivity contribution in [3.63, 3.8) is 0 Å². The molecule has 0 spiro atoms. The lowest BCUT2D eigenvalue weighted by Crippen LogP contribution is -2.05. The predicted molar refractivity (Wildman–Crippen MR) is 74.5 cm³/mol. The summed E-state index contributed by atoms with van der Waals surface area (Å²) in [6.07, 6.45) is 5.06. The van der Waals surface area contributed by atoms with Gasteiger partial charge in [0.2, 0.25) is 0 Å². The van der Waals surface area contributed by atoms with E-state index in [2.05, 4.69) is 20.4 Å². The van der Waals surface area contributed by atoms with E-state index in [1.54, 1.807) is 11.0 Å². The molecule has 2 heterocycles. The molecule has 0 aliphatic carbocycles. The van der Waals surface area contributed by atoms with Crippen molar-refractivity contribution in [2.75, 3.05) is 5.32 Å². The van der Waals surface area contributed by atoms with E-state index in [0.717, 1.165) is 17.1 Å². The Morgan fingerprint density at radius 3 is 3.00 bits per heavy atom. The summed E-state index contributed by atoms with van der Waals surface area (Å²) in [6, 6.07) is 9.61. The highest BCUT2D eigenvalue weighted by molar-refractivity contribution is 6.31. The second-order valence-corrected chi connectivity index (χ2v) is 4.49. The van der Waals surface area contributed by atoms with E-state index in [0.29, 0.717) is 11.6 Å². The molecule has 19 heavy (non-hydrogen) atoms. The normalized spacial score (nSPS) is 10.6. The van der Waals surface area contributed by atoms with E-state index in [4.69, 9.17) is 11.6 Å². The largest absolute Gasteiger partial charge is 0.378 e. The molecular weight excluding hydrogens is 262 g/mol. The van der Waals surface area contributed by atoms with Gasteiger partial charge in [-0.05, 0) is 30.3 Å². The zero-order valence-corrected chi connectivity index (χ0v) is 10.8. The minimum Gasteiger partial charge on any atom is -0.378 e.